The summed E-state index contributed by atoms with van der Waals surface area (Å²) in [6, 6.07) is 1.51. The van der Waals surface area contributed by atoms with Crippen LogP contribution in [0.2, 0.25) is 0 Å². The summed E-state index contributed by atoms with van der Waals surface area (Å²) >= 11 is 0. The summed E-state index contributed by atoms with van der Waals surface area (Å²) in [5.74, 6) is 0.552. The molecular weight excluding hydrogens is 256 g/mol. The molecule has 0 bridgehead atoms. The highest BCUT2D eigenvalue weighted by atomic mass is 16.5. The van der Waals surface area contributed by atoms with Crippen LogP contribution in [0.15, 0.2) is 40.4 Å². The normalized spacial score (nSPS) is 17.4. The maximum absolute atomic E-state index is 11.7. The standard InChI is InChI=1S/C14H18N4O2/c19-14-1-4-15-11-18(14)9-12-2-5-17(6-3-12)8-13-7-16-20-10-13/h1,4,7,10-12H,2-3,5-6,8-9H2. The molecular formula is C14H18N4O2. The average molecular weight is 274 g/mol. The van der Waals surface area contributed by atoms with Gasteiger partial charge in [-0.2, -0.15) is 0 Å². The summed E-state index contributed by atoms with van der Waals surface area (Å²) < 4.78 is 6.56. The predicted molar refractivity (Wildman–Crippen MR) is 73.0 cm³/mol. The second-order valence-electron chi connectivity index (χ2n) is 5.32. The summed E-state index contributed by atoms with van der Waals surface area (Å²) in [5, 5.41) is 3.72. The van der Waals surface area contributed by atoms with Crippen molar-refractivity contribution in [1.29, 1.82) is 0 Å². The number of likely N-dealkylation sites (tertiary alicyclic amines) is 1. The molecule has 0 atom stereocenters. The lowest BCUT2D eigenvalue weighted by atomic mass is 9.96. The molecule has 0 unspecified atom stereocenters. The minimum absolute atomic E-state index is 0.0342. The lowest BCUT2D eigenvalue weighted by Gasteiger charge is -2.31. The monoisotopic (exact) mass is 274 g/mol. The van der Waals surface area contributed by atoms with Crippen LogP contribution >= 0.6 is 0 Å². The third-order valence-corrected chi connectivity index (χ3v) is 3.84. The maximum atomic E-state index is 11.7. The molecule has 106 valence electrons. The van der Waals surface area contributed by atoms with Gasteiger partial charge in [0.25, 0.3) is 5.56 Å². The van der Waals surface area contributed by atoms with E-state index in [1.807, 2.05) is 0 Å². The van der Waals surface area contributed by atoms with Crippen LogP contribution in [-0.4, -0.2) is 32.7 Å². The second kappa shape index (κ2) is 6.00. The Morgan fingerprint density at radius 1 is 1.35 bits per heavy atom. The molecule has 0 aliphatic carbocycles. The fourth-order valence-corrected chi connectivity index (χ4v) is 2.68. The van der Waals surface area contributed by atoms with Crippen molar-refractivity contribution in [1.82, 2.24) is 19.6 Å². The molecule has 1 fully saturated rings. The van der Waals surface area contributed by atoms with Gasteiger partial charge in [0.2, 0.25) is 0 Å². The molecule has 0 radical (unpaired) electrons. The van der Waals surface area contributed by atoms with Crippen molar-refractivity contribution in [3.8, 4) is 0 Å². The van der Waals surface area contributed by atoms with Crippen molar-refractivity contribution in [3.63, 3.8) is 0 Å². The van der Waals surface area contributed by atoms with Crippen LogP contribution in [0, 0.1) is 5.92 Å². The fraction of sp³-hybridized carbons (Fsp3) is 0.500. The van der Waals surface area contributed by atoms with Gasteiger partial charge in [-0.3, -0.25) is 14.3 Å². The first-order chi connectivity index (χ1) is 9.81. The van der Waals surface area contributed by atoms with Crippen LogP contribution in [-0.2, 0) is 13.1 Å². The molecule has 20 heavy (non-hydrogen) atoms. The predicted octanol–water partition coefficient (Wildman–Crippen LogP) is 1.14. The number of nitrogens with zero attached hydrogens (tertiary/aromatic N) is 4. The summed E-state index contributed by atoms with van der Waals surface area (Å²) in [5.41, 5.74) is 1.15. The highest BCUT2D eigenvalue weighted by Gasteiger charge is 2.20. The minimum Gasteiger partial charge on any atom is -0.364 e. The third kappa shape index (κ3) is 3.14. The van der Waals surface area contributed by atoms with Crippen molar-refractivity contribution in [3.05, 3.63) is 47.0 Å². The SMILES string of the molecule is O=c1ccncn1CC1CCN(Cc2cnoc2)CC1. The van der Waals surface area contributed by atoms with Crippen molar-refractivity contribution < 1.29 is 4.52 Å². The Morgan fingerprint density at radius 3 is 2.90 bits per heavy atom. The van der Waals surface area contributed by atoms with Gasteiger partial charge in [0.15, 0.2) is 0 Å². The van der Waals surface area contributed by atoms with Crippen LogP contribution in [0.4, 0.5) is 0 Å². The minimum atomic E-state index is 0.0342. The fourth-order valence-electron chi connectivity index (χ4n) is 2.68. The number of hydrogen-bond acceptors (Lipinski definition) is 5. The summed E-state index contributed by atoms with van der Waals surface area (Å²) in [6.45, 7) is 3.76. The lowest BCUT2D eigenvalue weighted by molar-refractivity contribution is 0.166. The quantitative estimate of drug-likeness (QED) is 0.836. The number of rotatable bonds is 4. The van der Waals surface area contributed by atoms with Gasteiger partial charge in [-0.15, -0.1) is 0 Å². The molecule has 1 saturated heterocycles. The third-order valence-electron chi connectivity index (χ3n) is 3.84. The molecule has 6 heteroatoms. The van der Waals surface area contributed by atoms with Crippen LogP contribution < -0.4 is 5.56 Å². The van der Waals surface area contributed by atoms with Crippen LogP contribution in [0.5, 0.6) is 0 Å². The first kappa shape index (κ1) is 13.1. The molecule has 0 spiro atoms. The first-order valence-corrected chi connectivity index (χ1v) is 6.92. The maximum Gasteiger partial charge on any atom is 0.253 e. The highest BCUT2D eigenvalue weighted by Crippen LogP contribution is 2.20. The molecule has 0 N–H and O–H groups in total. The van der Waals surface area contributed by atoms with Crippen LogP contribution in [0.3, 0.4) is 0 Å². The van der Waals surface area contributed by atoms with E-state index >= 15 is 0 Å². The van der Waals surface area contributed by atoms with E-state index in [1.165, 1.54) is 6.07 Å². The van der Waals surface area contributed by atoms with Gasteiger partial charge in [0.1, 0.15) is 6.26 Å². The van der Waals surface area contributed by atoms with Gasteiger partial charge in [-0.1, -0.05) is 5.16 Å². The molecule has 1 aliphatic rings. The number of hydrogen-bond donors (Lipinski definition) is 0. The zero-order valence-electron chi connectivity index (χ0n) is 11.3. The Kier molecular flexibility index (Phi) is 3.92. The zero-order chi connectivity index (χ0) is 13.8. The Bertz CT molecular complexity index is 585. The van der Waals surface area contributed by atoms with E-state index in [4.69, 9.17) is 4.52 Å². The van der Waals surface area contributed by atoms with Gasteiger partial charge in [0.05, 0.1) is 12.5 Å². The van der Waals surface area contributed by atoms with Gasteiger partial charge < -0.3 is 4.52 Å². The summed E-state index contributed by atoms with van der Waals surface area (Å²) in [6.07, 6.45) is 8.84. The average Bonchev–Trinajstić information content (AvgIpc) is 2.96. The van der Waals surface area contributed by atoms with E-state index in [1.54, 1.807) is 29.6 Å². The highest BCUT2D eigenvalue weighted by molar-refractivity contribution is 5.00. The van der Waals surface area contributed by atoms with Crippen LogP contribution in [0.25, 0.3) is 0 Å². The van der Waals surface area contributed by atoms with E-state index < -0.39 is 0 Å². The van der Waals surface area contributed by atoms with Crippen molar-refractivity contribution in [2.45, 2.75) is 25.9 Å². The van der Waals surface area contributed by atoms with Gasteiger partial charge in [0, 0.05) is 30.9 Å². The number of aromatic nitrogens is 3. The Labute approximate surface area is 117 Å². The lowest BCUT2D eigenvalue weighted by Crippen LogP contribution is -2.35. The summed E-state index contributed by atoms with van der Waals surface area (Å²) in [4.78, 5) is 18.1. The van der Waals surface area contributed by atoms with Gasteiger partial charge in [-0.05, 0) is 31.8 Å². The van der Waals surface area contributed by atoms with E-state index in [2.05, 4.69) is 15.0 Å². The van der Waals surface area contributed by atoms with E-state index in [0.29, 0.717) is 5.92 Å². The zero-order valence-corrected chi connectivity index (χ0v) is 11.3. The van der Waals surface area contributed by atoms with Crippen molar-refractivity contribution in [2.24, 2.45) is 5.92 Å². The molecule has 0 aromatic carbocycles. The Morgan fingerprint density at radius 2 is 2.20 bits per heavy atom. The number of piperidine rings is 1. The molecule has 1 aliphatic heterocycles. The molecule has 6 nitrogen and oxygen atoms in total. The van der Waals surface area contributed by atoms with E-state index in [-0.39, 0.29) is 5.56 Å². The Balaban J connectivity index is 1.51. The van der Waals surface area contributed by atoms with Gasteiger partial charge >= 0.3 is 0 Å². The smallest absolute Gasteiger partial charge is 0.253 e. The topological polar surface area (TPSA) is 64.2 Å². The van der Waals surface area contributed by atoms with Crippen molar-refractivity contribution >= 4 is 0 Å². The largest absolute Gasteiger partial charge is 0.364 e. The van der Waals surface area contributed by atoms with E-state index in [9.17, 15) is 4.79 Å². The molecule has 0 amide bonds. The van der Waals surface area contributed by atoms with Gasteiger partial charge in [-0.25, -0.2) is 4.98 Å². The van der Waals surface area contributed by atoms with E-state index in [0.717, 1.165) is 44.6 Å². The first-order valence-electron chi connectivity index (χ1n) is 6.92. The second-order valence-corrected chi connectivity index (χ2v) is 5.32. The Hall–Kier alpha value is -1.95. The molecule has 0 saturated carbocycles. The molecule has 3 rings (SSSR count). The molecule has 3 heterocycles. The van der Waals surface area contributed by atoms with Crippen molar-refractivity contribution in [2.75, 3.05) is 13.1 Å². The van der Waals surface area contributed by atoms with Crippen LogP contribution in [0.1, 0.15) is 18.4 Å². The molecule has 2 aromatic rings. The molecule has 2 aromatic heterocycles. The summed E-state index contributed by atoms with van der Waals surface area (Å²) in [7, 11) is 0.